The minimum absolute atomic E-state index is 0.112. The van der Waals surface area contributed by atoms with Gasteiger partial charge in [-0.15, -0.1) is 11.3 Å². The first kappa shape index (κ1) is 13.7. The highest BCUT2D eigenvalue weighted by Gasteiger charge is 2.38. The molecule has 1 N–H and O–H groups in total. The summed E-state index contributed by atoms with van der Waals surface area (Å²) in [5, 5.41) is 6.32. The van der Waals surface area contributed by atoms with Crippen molar-refractivity contribution in [3.63, 3.8) is 0 Å². The number of aromatic nitrogens is 1. The molecule has 0 spiro atoms. The van der Waals surface area contributed by atoms with Gasteiger partial charge in [-0.05, 0) is 25.5 Å². The summed E-state index contributed by atoms with van der Waals surface area (Å²) in [5.74, 6) is 0.112. The SMILES string of the molecule is CC(C)(NC1CS(=O)(=O)c2ccccc21)c1nccs1. The molecule has 6 heteroatoms. The van der Waals surface area contributed by atoms with Crippen molar-refractivity contribution in [1.82, 2.24) is 10.3 Å². The van der Waals surface area contributed by atoms with Crippen LogP contribution < -0.4 is 5.32 Å². The number of benzene rings is 1. The molecule has 0 saturated carbocycles. The summed E-state index contributed by atoms with van der Waals surface area (Å²) in [6.07, 6.45) is 1.77. The molecule has 1 aliphatic rings. The first-order valence-corrected chi connectivity index (χ1v) is 8.93. The lowest BCUT2D eigenvalue weighted by Gasteiger charge is -2.28. The predicted octanol–water partition coefficient (Wildman–Crippen LogP) is 2.50. The molecule has 0 saturated heterocycles. The second-order valence-electron chi connectivity index (χ2n) is 5.48. The summed E-state index contributed by atoms with van der Waals surface area (Å²) in [4.78, 5) is 4.78. The molecular formula is C14H16N2O2S2. The van der Waals surface area contributed by atoms with Crippen LogP contribution in [0.1, 0.15) is 30.5 Å². The molecule has 106 valence electrons. The van der Waals surface area contributed by atoms with Gasteiger partial charge < -0.3 is 0 Å². The molecule has 1 aliphatic heterocycles. The zero-order valence-corrected chi connectivity index (χ0v) is 13.0. The van der Waals surface area contributed by atoms with E-state index in [4.69, 9.17) is 0 Å². The Kier molecular flexibility index (Phi) is 3.19. The predicted molar refractivity (Wildman–Crippen MR) is 79.5 cm³/mol. The maximum atomic E-state index is 12.2. The van der Waals surface area contributed by atoms with E-state index < -0.39 is 9.84 Å². The molecule has 1 unspecified atom stereocenters. The van der Waals surface area contributed by atoms with E-state index in [9.17, 15) is 8.42 Å². The van der Waals surface area contributed by atoms with Crippen LogP contribution in [0.4, 0.5) is 0 Å². The van der Waals surface area contributed by atoms with Gasteiger partial charge in [0.2, 0.25) is 0 Å². The van der Waals surface area contributed by atoms with Crippen LogP contribution in [0.15, 0.2) is 40.7 Å². The van der Waals surface area contributed by atoms with E-state index in [2.05, 4.69) is 10.3 Å². The van der Waals surface area contributed by atoms with Gasteiger partial charge in [-0.25, -0.2) is 13.4 Å². The topological polar surface area (TPSA) is 59.1 Å². The van der Waals surface area contributed by atoms with Crippen molar-refractivity contribution in [3.05, 3.63) is 46.4 Å². The second-order valence-corrected chi connectivity index (χ2v) is 8.38. The lowest BCUT2D eigenvalue weighted by Crippen LogP contribution is -2.39. The third-order valence-corrected chi connectivity index (χ3v) is 6.43. The minimum atomic E-state index is -3.18. The molecule has 2 aromatic rings. The highest BCUT2D eigenvalue weighted by molar-refractivity contribution is 7.91. The molecule has 0 amide bonds. The average molecular weight is 308 g/mol. The first-order chi connectivity index (χ1) is 9.40. The fraction of sp³-hybridized carbons (Fsp3) is 0.357. The van der Waals surface area contributed by atoms with Gasteiger partial charge in [-0.3, -0.25) is 5.32 Å². The van der Waals surface area contributed by atoms with E-state index in [0.717, 1.165) is 10.6 Å². The Morgan fingerprint density at radius 3 is 2.80 bits per heavy atom. The van der Waals surface area contributed by atoms with Crippen LogP contribution in [0.25, 0.3) is 0 Å². The van der Waals surface area contributed by atoms with Crippen molar-refractivity contribution < 1.29 is 8.42 Å². The summed E-state index contributed by atoms with van der Waals surface area (Å²) < 4.78 is 24.4. The van der Waals surface area contributed by atoms with E-state index in [1.807, 2.05) is 31.4 Å². The van der Waals surface area contributed by atoms with Gasteiger partial charge in [0.05, 0.1) is 16.2 Å². The van der Waals surface area contributed by atoms with Crippen molar-refractivity contribution in [1.29, 1.82) is 0 Å². The Bertz CT molecular complexity index is 721. The molecule has 4 nitrogen and oxygen atoms in total. The standard InChI is InChI=1S/C14H16N2O2S2/c1-14(2,13-15-7-8-19-13)16-11-9-20(17,18)12-6-4-3-5-10(11)12/h3-8,11,16H,9H2,1-2H3. The molecule has 2 heterocycles. The first-order valence-electron chi connectivity index (χ1n) is 6.39. The number of thiazole rings is 1. The summed E-state index contributed by atoms with van der Waals surface area (Å²) >= 11 is 1.57. The summed E-state index contributed by atoms with van der Waals surface area (Å²) in [6.45, 7) is 4.05. The van der Waals surface area contributed by atoms with E-state index in [-0.39, 0.29) is 17.3 Å². The highest BCUT2D eigenvalue weighted by atomic mass is 32.2. The number of nitrogens with one attached hydrogen (secondary N) is 1. The number of hydrogen-bond acceptors (Lipinski definition) is 5. The Morgan fingerprint density at radius 2 is 2.10 bits per heavy atom. The number of rotatable bonds is 3. The van der Waals surface area contributed by atoms with Crippen LogP contribution >= 0.6 is 11.3 Å². The van der Waals surface area contributed by atoms with Crippen LogP contribution in [0.5, 0.6) is 0 Å². The van der Waals surface area contributed by atoms with E-state index >= 15 is 0 Å². The fourth-order valence-corrected chi connectivity index (χ4v) is 5.06. The molecule has 20 heavy (non-hydrogen) atoms. The zero-order chi connectivity index (χ0) is 14.4. The Morgan fingerprint density at radius 1 is 1.35 bits per heavy atom. The van der Waals surface area contributed by atoms with Crippen molar-refractivity contribution in [3.8, 4) is 0 Å². The van der Waals surface area contributed by atoms with E-state index in [1.54, 1.807) is 29.7 Å². The average Bonchev–Trinajstić information content (AvgIpc) is 2.98. The van der Waals surface area contributed by atoms with Gasteiger partial charge in [-0.2, -0.15) is 0 Å². The lowest BCUT2D eigenvalue weighted by molar-refractivity contribution is 0.359. The van der Waals surface area contributed by atoms with Gasteiger partial charge in [0, 0.05) is 17.6 Å². The van der Waals surface area contributed by atoms with E-state index in [1.165, 1.54) is 0 Å². The number of hydrogen-bond donors (Lipinski definition) is 1. The summed E-state index contributed by atoms with van der Waals surface area (Å²) in [6, 6.07) is 7.03. The monoisotopic (exact) mass is 308 g/mol. The van der Waals surface area contributed by atoms with Crippen molar-refractivity contribution in [2.45, 2.75) is 30.3 Å². The summed E-state index contributed by atoms with van der Waals surface area (Å²) in [7, 11) is -3.18. The number of nitrogens with zero attached hydrogens (tertiary/aromatic N) is 1. The van der Waals surface area contributed by atoms with Crippen LogP contribution in [0, 0.1) is 0 Å². The quantitative estimate of drug-likeness (QED) is 0.946. The van der Waals surface area contributed by atoms with Gasteiger partial charge in [0.15, 0.2) is 9.84 Å². The molecule has 1 aromatic heterocycles. The Balaban J connectivity index is 1.94. The second kappa shape index (κ2) is 4.65. The Hall–Kier alpha value is -1.24. The molecule has 0 aliphatic carbocycles. The van der Waals surface area contributed by atoms with Gasteiger partial charge in [-0.1, -0.05) is 18.2 Å². The lowest BCUT2D eigenvalue weighted by atomic mass is 10.0. The molecule has 1 aromatic carbocycles. The molecule has 1 atom stereocenters. The van der Waals surface area contributed by atoms with Crippen LogP contribution in [0.3, 0.4) is 0 Å². The van der Waals surface area contributed by atoms with Crippen molar-refractivity contribution in [2.75, 3.05) is 5.75 Å². The molecule has 0 fully saturated rings. The number of sulfone groups is 1. The minimum Gasteiger partial charge on any atom is -0.298 e. The highest BCUT2D eigenvalue weighted by Crippen LogP contribution is 2.36. The van der Waals surface area contributed by atoms with Gasteiger partial charge >= 0.3 is 0 Å². The molecule has 0 radical (unpaired) electrons. The molecular weight excluding hydrogens is 292 g/mol. The maximum Gasteiger partial charge on any atom is 0.180 e. The van der Waals surface area contributed by atoms with Gasteiger partial charge in [0.1, 0.15) is 5.01 Å². The zero-order valence-electron chi connectivity index (χ0n) is 11.3. The van der Waals surface area contributed by atoms with Crippen LogP contribution in [-0.4, -0.2) is 19.2 Å². The largest absolute Gasteiger partial charge is 0.298 e. The third kappa shape index (κ3) is 2.28. The molecule has 0 bridgehead atoms. The third-order valence-electron chi connectivity index (χ3n) is 3.52. The van der Waals surface area contributed by atoms with Crippen LogP contribution in [-0.2, 0) is 15.4 Å². The van der Waals surface area contributed by atoms with Crippen molar-refractivity contribution >= 4 is 21.2 Å². The normalized spacial score (nSPS) is 20.8. The summed E-state index contributed by atoms with van der Waals surface area (Å²) in [5.41, 5.74) is 0.503. The fourth-order valence-electron chi connectivity index (χ4n) is 2.60. The smallest absolute Gasteiger partial charge is 0.180 e. The van der Waals surface area contributed by atoms with Crippen LogP contribution in [0.2, 0.25) is 0 Å². The van der Waals surface area contributed by atoms with E-state index in [0.29, 0.717) is 4.90 Å². The number of fused-ring (bicyclic) bond motifs is 1. The molecule has 3 rings (SSSR count). The van der Waals surface area contributed by atoms with Gasteiger partial charge in [0.25, 0.3) is 0 Å². The Labute approximate surface area is 122 Å². The maximum absolute atomic E-state index is 12.2. The van der Waals surface area contributed by atoms with Crippen molar-refractivity contribution in [2.24, 2.45) is 0 Å².